The van der Waals surface area contributed by atoms with Crippen LogP contribution >= 0.6 is 0 Å². The van der Waals surface area contributed by atoms with Gasteiger partial charge in [-0.15, -0.1) is 0 Å². The summed E-state index contributed by atoms with van der Waals surface area (Å²) in [5.74, 6) is 0.210. The van der Waals surface area contributed by atoms with Gasteiger partial charge < -0.3 is 19.3 Å². The molecule has 1 amide bonds. The first-order valence-corrected chi connectivity index (χ1v) is 8.77. The summed E-state index contributed by atoms with van der Waals surface area (Å²) in [5.41, 5.74) is -0.145. The lowest BCUT2D eigenvalue weighted by Crippen LogP contribution is -2.41. The van der Waals surface area contributed by atoms with E-state index in [0.29, 0.717) is 30.9 Å². The van der Waals surface area contributed by atoms with E-state index in [1.807, 2.05) is 0 Å². The van der Waals surface area contributed by atoms with Crippen LogP contribution in [0.1, 0.15) is 44.5 Å². The molecule has 0 saturated carbocycles. The monoisotopic (exact) mass is 365 g/mol. The molecule has 1 fully saturated rings. The normalized spacial score (nSPS) is 20.0. The zero-order valence-corrected chi connectivity index (χ0v) is 15.7. The summed E-state index contributed by atoms with van der Waals surface area (Å²) < 4.78 is 16.2. The highest BCUT2D eigenvalue weighted by Gasteiger charge is 2.38. The number of rotatable bonds is 5. The fraction of sp³-hybridized carbons (Fsp3) is 0.579. The quantitative estimate of drug-likeness (QED) is 0.808. The molecule has 0 unspecified atom stereocenters. The Labute approximate surface area is 153 Å². The topological polar surface area (TPSA) is 85.3 Å². The van der Waals surface area contributed by atoms with Crippen molar-refractivity contribution in [3.8, 4) is 5.75 Å². The maximum absolute atomic E-state index is 12.3. The van der Waals surface area contributed by atoms with Crippen LogP contribution in [0, 0.1) is 0 Å². The van der Waals surface area contributed by atoms with Crippen molar-refractivity contribution >= 4 is 12.1 Å². The molecule has 1 aromatic carbocycles. The van der Waals surface area contributed by atoms with Crippen LogP contribution in [-0.2, 0) is 9.47 Å². The number of aliphatic hydroxyl groups excluding tert-OH is 1. The molecule has 0 aliphatic carbocycles. The number of ether oxygens (including phenoxy) is 3. The highest BCUT2D eigenvalue weighted by atomic mass is 16.6. The minimum Gasteiger partial charge on any atom is -0.489 e. The van der Waals surface area contributed by atoms with Crippen LogP contribution in [0.25, 0.3) is 0 Å². The Hall–Kier alpha value is -2.28. The lowest BCUT2D eigenvalue weighted by atomic mass is 10.2. The van der Waals surface area contributed by atoms with Crippen molar-refractivity contribution in [3.05, 3.63) is 29.8 Å². The summed E-state index contributed by atoms with van der Waals surface area (Å²) in [6, 6.07) is 6.32. The Morgan fingerprint density at radius 2 is 1.88 bits per heavy atom. The molecular weight excluding hydrogens is 338 g/mol. The number of aliphatic hydroxyl groups is 1. The number of hydrogen-bond acceptors (Lipinski definition) is 6. The Morgan fingerprint density at radius 3 is 2.42 bits per heavy atom. The Balaban J connectivity index is 1.98. The first-order valence-electron chi connectivity index (χ1n) is 8.77. The molecule has 26 heavy (non-hydrogen) atoms. The van der Waals surface area contributed by atoms with Gasteiger partial charge in [-0.3, -0.25) is 4.90 Å². The average molecular weight is 365 g/mol. The summed E-state index contributed by atoms with van der Waals surface area (Å²) in [5, 5.41) is 9.56. The highest BCUT2D eigenvalue weighted by molar-refractivity contribution is 5.89. The van der Waals surface area contributed by atoms with Gasteiger partial charge in [0.1, 0.15) is 17.5 Å². The number of carbonyl (C=O) groups is 2. The van der Waals surface area contributed by atoms with Gasteiger partial charge in [0.25, 0.3) is 0 Å². The van der Waals surface area contributed by atoms with Crippen molar-refractivity contribution < 1.29 is 28.9 Å². The minimum atomic E-state index is -0.598. The summed E-state index contributed by atoms with van der Waals surface area (Å²) >= 11 is 0. The van der Waals surface area contributed by atoms with Gasteiger partial charge in [-0.1, -0.05) is 0 Å². The maximum Gasteiger partial charge on any atom is 0.410 e. The van der Waals surface area contributed by atoms with Crippen molar-refractivity contribution in [3.63, 3.8) is 0 Å². The summed E-state index contributed by atoms with van der Waals surface area (Å²) in [6.45, 7) is 7.66. The number of nitrogens with zero attached hydrogens (tertiary/aromatic N) is 1. The number of likely N-dealkylation sites (tertiary alicyclic amines) is 1. The van der Waals surface area contributed by atoms with E-state index >= 15 is 0 Å². The van der Waals surface area contributed by atoms with Crippen molar-refractivity contribution in [2.24, 2.45) is 0 Å². The Morgan fingerprint density at radius 1 is 1.23 bits per heavy atom. The molecule has 7 nitrogen and oxygen atoms in total. The molecule has 1 saturated heterocycles. The molecule has 1 aliphatic rings. The third-order valence-corrected chi connectivity index (χ3v) is 3.88. The van der Waals surface area contributed by atoms with Gasteiger partial charge in [0, 0.05) is 6.42 Å². The number of esters is 1. The van der Waals surface area contributed by atoms with Crippen molar-refractivity contribution in [1.29, 1.82) is 0 Å². The first-order chi connectivity index (χ1) is 12.2. The van der Waals surface area contributed by atoms with E-state index in [9.17, 15) is 14.7 Å². The second kappa shape index (κ2) is 8.40. The van der Waals surface area contributed by atoms with Gasteiger partial charge in [-0.2, -0.15) is 0 Å². The van der Waals surface area contributed by atoms with E-state index in [2.05, 4.69) is 0 Å². The van der Waals surface area contributed by atoms with Gasteiger partial charge in [0.2, 0.25) is 0 Å². The fourth-order valence-corrected chi connectivity index (χ4v) is 2.75. The molecule has 0 radical (unpaired) electrons. The Bertz CT molecular complexity index is 622. The molecule has 7 heteroatoms. The van der Waals surface area contributed by atoms with E-state index in [4.69, 9.17) is 14.2 Å². The number of carbonyl (C=O) groups excluding carboxylic acids is 2. The number of benzene rings is 1. The van der Waals surface area contributed by atoms with E-state index in [0.717, 1.165) is 0 Å². The summed E-state index contributed by atoms with van der Waals surface area (Å²) in [4.78, 5) is 25.5. The fourth-order valence-electron chi connectivity index (χ4n) is 2.75. The second-order valence-corrected chi connectivity index (χ2v) is 7.19. The van der Waals surface area contributed by atoms with E-state index in [-0.39, 0.29) is 24.7 Å². The van der Waals surface area contributed by atoms with Gasteiger partial charge in [0.15, 0.2) is 0 Å². The lowest BCUT2D eigenvalue weighted by Gasteiger charge is -2.27. The molecular formula is C19H27NO6. The molecule has 144 valence electrons. The largest absolute Gasteiger partial charge is 0.489 e. The van der Waals surface area contributed by atoms with Crippen LogP contribution in [0.4, 0.5) is 4.79 Å². The predicted octanol–water partition coefficient (Wildman–Crippen LogP) is 2.61. The summed E-state index contributed by atoms with van der Waals surface area (Å²) in [7, 11) is 0. The molecule has 0 aromatic heterocycles. The minimum absolute atomic E-state index is 0.152. The molecule has 0 spiro atoms. The average Bonchev–Trinajstić information content (AvgIpc) is 2.97. The molecule has 1 heterocycles. The van der Waals surface area contributed by atoms with E-state index < -0.39 is 11.7 Å². The molecule has 0 bridgehead atoms. The third-order valence-electron chi connectivity index (χ3n) is 3.88. The van der Waals surface area contributed by atoms with Crippen LogP contribution < -0.4 is 4.74 Å². The standard InChI is InChI=1S/C19H27NO6/c1-5-24-17(22)13-6-8-15(9-7-13)25-16-10-14(12-21)20(11-16)18(23)26-19(2,3)4/h6-9,14,16,21H,5,10-12H2,1-4H3/t14-,16+/m0/s1. The summed E-state index contributed by atoms with van der Waals surface area (Å²) in [6.07, 6.45) is -0.205. The zero-order chi connectivity index (χ0) is 19.3. The van der Waals surface area contributed by atoms with Gasteiger partial charge in [-0.05, 0) is 52.0 Å². The van der Waals surface area contributed by atoms with E-state index in [1.54, 1.807) is 52.0 Å². The van der Waals surface area contributed by atoms with Crippen LogP contribution in [0.15, 0.2) is 24.3 Å². The first kappa shape index (κ1) is 20.0. The Kier molecular flexibility index (Phi) is 6.47. The maximum atomic E-state index is 12.3. The van der Waals surface area contributed by atoms with Crippen molar-refractivity contribution in [2.75, 3.05) is 19.8 Å². The van der Waals surface area contributed by atoms with Gasteiger partial charge >= 0.3 is 12.1 Å². The molecule has 2 atom stereocenters. The van der Waals surface area contributed by atoms with Crippen LogP contribution in [0.2, 0.25) is 0 Å². The SMILES string of the molecule is CCOC(=O)c1ccc(O[C@@H]2C[C@@H](CO)N(C(=O)OC(C)(C)C)C2)cc1. The van der Waals surface area contributed by atoms with Gasteiger partial charge in [-0.25, -0.2) is 9.59 Å². The molecule has 1 N–H and O–H groups in total. The lowest BCUT2D eigenvalue weighted by molar-refractivity contribution is 0.0165. The number of hydrogen-bond donors (Lipinski definition) is 1. The molecule has 1 aliphatic heterocycles. The van der Waals surface area contributed by atoms with Crippen LogP contribution in [0.3, 0.4) is 0 Å². The second-order valence-electron chi connectivity index (χ2n) is 7.19. The third kappa shape index (κ3) is 5.36. The van der Waals surface area contributed by atoms with E-state index in [1.165, 1.54) is 4.90 Å². The van der Waals surface area contributed by atoms with Crippen molar-refractivity contribution in [1.82, 2.24) is 4.90 Å². The van der Waals surface area contributed by atoms with Crippen molar-refractivity contribution in [2.45, 2.75) is 51.9 Å². The van der Waals surface area contributed by atoms with Gasteiger partial charge in [0.05, 0.1) is 31.4 Å². The molecule has 2 rings (SSSR count). The highest BCUT2D eigenvalue weighted by Crippen LogP contribution is 2.25. The predicted molar refractivity (Wildman–Crippen MR) is 95.2 cm³/mol. The number of amides is 1. The van der Waals surface area contributed by atoms with Crippen LogP contribution in [-0.4, -0.2) is 59.6 Å². The molecule has 1 aromatic rings. The van der Waals surface area contributed by atoms with Crippen LogP contribution in [0.5, 0.6) is 5.75 Å². The smallest absolute Gasteiger partial charge is 0.410 e. The zero-order valence-electron chi connectivity index (χ0n) is 15.7.